The minimum absolute atomic E-state index is 0.0169. The van der Waals surface area contributed by atoms with Crippen LogP contribution in [0.1, 0.15) is 42.1 Å². The fraction of sp³-hybridized carbons (Fsp3) is 0.500. The number of Topliss-reactive ketones (excluding diaryl/α,β-unsaturated/α-hetero) is 1. The summed E-state index contributed by atoms with van der Waals surface area (Å²) >= 11 is 0. The molecule has 0 saturated carbocycles. The molecule has 0 saturated heterocycles. The lowest BCUT2D eigenvalue weighted by atomic mass is 10.0. The zero-order valence-corrected chi connectivity index (χ0v) is 11.7. The molecule has 0 spiro atoms. The molecule has 0 heterocycles. The Hall–Kier alpha value is -1.00. The second-order valence-electron chi connectivity index (χ2n) is 4.57. The average Bonchev–Trinajstić information content (AvgIpc) is 2.36. The van der Waals surface area contributed by atoms with Crippen molar-refractivity contribution in [2.75, 3.05) is 18.1 Å². The first kappa shape index (κ1) is 15.1. The highest BCUT2D eigenvalue weighted by atomic mass is 32.2. The topological polar surface area (TPSA) is 54.4 Å². The standard InChI is InChI=1S/C14H20O3S/c1-11(2)12-4-6-13(7-5-12)14(16)10-18(17)9-3-8-15/h4-7,11,15H,3,8-10H2,1-2H3. The number of carbonyl (C=O) groups excluding carboxylic acids is 1. The van der Waals surface area contributed by atoms with Crippen molar-refractivity contribution in [3.05, 3.63) is 35.4 Å². The summed E-state index contributed by atoms with van der Waals surface area (Å²) in [7, 11) is -1.17. The van der Waals surface area contributed by atoms with Gasteiger partial charge in [-0.1, -0.05) is 38.1 Å². The molecule has 1 unspecified atom stereocenters. The highest BCUT2D eigenvalue weighted by Gasteiger charge is 2.10. The first-order valence-corrected chi connectivity index (χ1v) is 7.62. The van der Waals surface area contributed by atoms with Crippen molar-refractivity contribution in [3.63, 3.8) is 0 Å². The molecule has 1 aromatic carbocycles. The molecule has 1 aromatic rings. The molecule has 100 valence electrons. The van der Waals surface area contributed by atoms with Gasteiger partial charge in [0, 0.05) is 28.7 Å². The molecule has 18 heavy (non-hydrogen) atoms. The van der Waals surface area contributed by atoms with Gasteiger partial charge in [-0.3, -0.25) is 9.00 Å². The van der Waals surface area contributed by atoms with Crippen molar-refractivity contribution in [1.29, 1.82) is 0 Å². The van der Waals surface area contributed by atoms with Crippen molar-refractivity contribution in [2.24, 2.45) is 0 Å². The molecule has 3 nitrogen and oxygen atoms in total. The Kier molecular flexibility index (Phi) is 6.22. The molecule has 1 rings (SSSR count). The summed E-state index contributed by atoms with van der Waals surface area (Å²) in [5.74, 6) is 0.766. The van der Waals surface area contributed by atoms with Gasteiger partial charge < -0.3 is 5.11 Å². The number of aliphatic hydroxyl groups excluding tert-OH is 1. The fourth-order valence-corrected chi connectivity index (χ4v) is 2.64. The van der Waals surface area contributed by atoms with E-state index < -0.39 is 10.8 Å². The second-order valence-corrected chi connectivity index (χ2v) is 6.14. The Bertz CT molecular complexity index is 410. The largest absolute Gasteiger partial charge is 0.396 e. The van der Waals surface area contributed by atoms with Crippen LogP contribution in [0.3, 0.4) is 0 Å². The van der Waals surface area contributed by atoms with Gasteiger partial charge >= 0.3 is 0 Å². The maximum atomic E-state index is 11.8. The van der Waals surface area contributed by atoms with Gasteiger partial charge in [0.05, 0.1) is 5.75 Å². The number of benzene rings is 1. The van der Waals surface area contributed by atoms with Gasteiger partial charge in [-0.2, -0.15) is 0 Å². The van der Waals surface area contributed by atoms with Gasteiger partial charge in [-0.05, 0) is 17.9 Å². The van der Waals surface area contributed by atoms with Crippen LogP contribution >= 0.6 is 0 Å². The lowest BCUT2D eigenvalue weighted by Crippen LogP contribution is -2.14. The highest BCUT2D eigenvalue weighted by molar-refractivity contribution is 7.85. The summed E-state index contributed by atoms with van der Waals surface area (Å²) in [6.45, 7) is 4.21. The molecule has 1 N–H and O–H groups in total. The molecule has 0 fully saturated rings. The van der Waals surface area contributed by atoms with E-state index in [2.05, 4.69) is 13.8 Å². The summed E-state index contributed by atoms with van der Waals surface area (Å²) in [5.41, 5.74) is 1.80. The summed E-state index contributed by atoms with van der Waals surface area (Å²) in [5, 5.41) is 8.63. The fourth-order valence-electron chi connectivity index (χ4n) is 1.58. The number of aliphatic hydroxyl groups is 1. The number of ketones is 1. The Morgan fingerprint density at radius 1 is 1.28 bits per heavy atom. The van der Waals surface area contributed by atoms with E-state index in [1.165, 1.54) is 5.56 Å². The monoisotopic (exact) mass is 268 g/mol. The SMILES string of the molecule is CC(C)c1ccc(C(=O)CS(=O)CCCO)cc1. The normalized spacial score (nSPS) is 12.7. The third-order valence-electron chi connectivity index (χ3n) is 2.72. The van der Waals surface area contributed by atoms with E-state index in [4.69, 9.17) is 5.11 Å². The average molecular weight is 268 g/mol. The van der Waals surface area contributed by atoms with Crippen LogP contribution < -0.4 is 0 Å². The van der Waals surface area contributed by atoms with Gasteiger partial charge in [0.15, 0.2) is 5.78 Å². The molecule has 0 radical (unpaired) electrons. The van der Waals surface area contributed by atoms with Gasteiger partial charge in [-0.15, -0.1) is 0 Å². The third kappa shape index (κ3) is 4.70. The molecular weight excluding hydrogens is 248 g/mol. The first-order chi connectivity index (χ1) is 8.54. The Balaban J connectivity index is 2.59. The van der Waals surface area contributed by atoms with E-state index >= 15 is 0 Å². The molecule has 0 bridgehead atoms. The predicted octanol–water partition coefficient (Wildman–Crippen LogP) is 2.12. The van der Waals surface area contributed by atoms with E-state index in [-0.39, 0.29) is 18.1 Å². The number of carbonyl (C=O) groups is 1. The summed E-state index contributed by atoms with van der Waals surface area (Å²) < 4.78 is 11.5. The summed E-state index contributed by atoms with van der Waals surface area (Å²) in [4.78, 5) is 11.8. The van der Waals surface area contributed by atoms with Gasteiger partial charge in [-0.25, -0.2) is 0 Å². The Morgan fingerprint density at radius 2 is 1.89 bits per heavy atom. The molecule has 0 aromatic heterocycles. The van der Waals surface area contributed by atoms with E-state index in [1.54, 1.807) is 12.1 Å². The van der Waals surface area contributed by atoms with Crippen LogP contribution in [0.25, 0.3) is 0 Å². The summed E-state index contributed by atoms with van der Waals surface area (Å²) in [6.07, 6.45) is 0.478. The van der Waals surface area contributed by atoms with Crippen LogP contribution in [0.4, 0.5) is 0 Å². The zero-order valence-electron chi connectivity index (χ0n) is 10.9. The van der Waals surface area contributed by atoms with E-state index in [1.807, 2.05) is 12.1 Å². The van der Waals surface area contributed by atoms with Crippen LogP contribution in [0, 0.1) is 0 Å². The molecule has 0 aliphatic heterocycles. The third-order valence-corrected chi connectivity index (χ3v) is 4.05. The lowest BCUT2D eigenvalue weighted by molar-refractivity contribution is 0.102. The minimum Gasteiger partial charge on any atom is -0.396 e. The van der Waals surface area contributed by atoms with Crippen molar-refractivity contribution in [1.82, 2.24) is 0 Å². The van der Waals surface area contributed by atoms with Crippen LogP contribution in [0.2, 0.25) is 0 Å². The second kappa shape index (κ2) is 7.44. The van der Waals surface area contributed by atoms with Crippen molar-refractivity contribution >= 4 is 16.6 Å². The smallest absolute Gasteiger partial charge is 0.175 e. The van der Waals surface area contributed by atoms with Crippen LogP contribution in [0.5, 0.6) is 0 Å². The van der Waals surface area contributed by atoms with Crippen molar-refractivity contribution in [3.8, 4) is 0 Å². The zero-order chi connectivity index (χ0) is 13.5. The molecule has 1 atom stereocenters. The lowest BCUT2D eigenvalue weighted by Gasteiger charge is -2.06. The Labute approximate surface area is 111 Å². The van der Waals surface area contributed by atoms with Crippen molar-refractivity contribution in [2.45, 2.75) is 26.2 Å². The first-order valence-electron chi connectivity index (χ1n) is 6.13. The molecule has 0 aliphatic carbocycles. The van der Waals surface area contributed by atoms with Crippen molar-refractivity contribution < 1.29 is 14.1 Å². The van der Waals surface area contributed by atoms with Crippen LogP contribution in [-0.4, -0.2) is 33.2 Å². The van der Waals surface area contributed by atoms with E-state index in [0.717, 1.165) is 0 Å². The van der Waals surface area contributed by atoms with E-state index in [0.29, 0.717) is 23.7 Å². The maximum Gasteiger partial charge on any atom is 0.175 e. The van der Waals surface area contributed by atoms with Crippen LogP contribution in [-0.2, 0) is 10.8 Å². The van der Waals surface area contributed by atoms with E-state index in [9.17, 15) is 9.00 Å². The Morgan fingerprint density at radius 3 is 2.39 bits per heavy atom. The molecule has 0 aliphatic rings. The van der Waals surface area contributed by atoms with Gasteiger partial charge in [0.25, 0.3) is 0 Å². The predicted molar refractivity (Wildman–Crippen MR) is 74.4 cm³/mol. The maximum absolute atomic E-state index is 11.8. The highest BCUT2D eigenvalue weighted by Crippen LogP contribution is 2.15. The molecule has 0 amide bonds. The minimum atomic E-state index is -1.17. The van der Waals surface area contributed by atoms with Gasteiger partial charge in [0.2, 0.25) is 0 Å². The molecule has 4 heteroatoms. The number of hydrogen-bond donors (Lipinski definition) is 1. The summed E-state index contributed by atoms with van der Waals surface area (Å²) in [6, 6.07) is 7.46. The quantitative estimate of drug-likeness (QED) is 0.771. The van der Waals surface area contributed by atoms with Crippen LogP contribution in [0.15, 0.2) is 24.3 Å². The van der Waals surface area contributed by atoms with Gasteiger partial charge in [0.1, 0.15) is 0 Å². The number of rotatable bonds is 7. The molecular formula is C14H20O3S. The number of hydrogen-bond acceptors (Lipinski definition) is 3.